The van der Waals surface area contributed by atoms with Crippen LogP contribution in [-0.2, 0) is 0 Å². The Balaban J connectivity index is 1.54. The summed E-state index contributed by atoms with van der Waals surface area (Å²) in [6.45, 7) is 0.497. The van der Waals surface area contributed by atoms with E-state index >= 15 is 0 Å². The van der Waals surface area contributed by atoms with Crippen LogP contribution in [0.4, 0.5) is 20.3 Å². The Hall–Kier alpha value is -4.92. The SMILES string of the molecule is Cc1ccc(Nc2ccc3c(c2)ncn3-c2ccc(OC(F)F)c(-n3nc(C#N)cc3C)n2)nn1. The molecule has 10 nitrogen and oxygen atoms in total. The fraction of sp³-hybridized carbons (Fsp3) is 0.130. The third kappa shape index (κ3) is 4.34. The first-order valence-corrected chi connectivity index (χ1v) is 10.4. The van der Waals surface area contributed by atoms with Crippen LogP contribution < -0.4 is 10.1 Å². The van der Waals surface area contributed by atoms with E-state index in [0.717, 1.165) is 16.9 Å². The number of anilines is 2. The quantitative estimate of drug-likeness (QED) is 0.389. The molecule has 0 aliphatic rings. The second-order valence-electron chi connectivity index (χ2n) is 7.57. The molecule has 0 spiro atoms. The summed E-state index contributed by atoms with van der Waals surface area (Å²) in [6.07, 6.45) is 1.58. The molecule has 0 bridgehead atoms. The zero-order valence-electron chi connectivity index (χ0n) is 18.5. The molecule has 0 saturated heterocycles. The van der Waals surface area contributed by atoms with Crippen molar-refractivity contribution in [2.45, 2.75) is 20.5 Å². The number of ether oxygens (including phenoxy) is 1. The Morgan fingerprint density at radius 2 is 1.91 bits per heavy atom. The molecular formula is C23H17F2N9O. The Morgan fingerprint density at radius 3 is 2.63 bits per heavy atom. The van der Waals surface area contributed by atoms with Crippen LogP contribution >= 0.6 is 0 Å². The van der Waals surface area contributed by atoms with Crippen LogP contribution in [0.1, 0.15) is 17.1 Å². The van der Waals surface area contributed by atoms with Crippen molar-refractivity contribution in [2.24, 2.45) is 0 Å². The van der Waals surface area contributed by atoms with E-state index in [4.69, 9.17) is 5.26 Å². The van der Waals surface area contributed by atoms with Crippen LogP contribution in [0.25, 0.3) is 22.7 Å². The van der Waals surface area contributed by atoms with Crippen molar-refractivity contribution < 1.29 is 13.5 Å². The number of imidazole rings is 1. The average Bonchev–Trinajstić information content (AvgIpc) is 3.43. The van der Waals surface area contributed by atoms with Gasteiger partial charge in [-0.25, -0.2) is 14.6 Å². The van der Waals surface area contributed by atoms with Crippen molar-refractivity contribution in [3.63, 3.8) is 0 Å². The Morgan fingerprint density at radius 1 is 1.06 bits per heavy atom. The van der Waals surface area contributed by atoms with Crippen molar-refractivity contribution in [1.82, 2.24) is 34.5 Å². The average molecular weight is 473 g/mol. The third-order valence-electron chi connectivity index (χ3n) is 5.11. The molecule has 0 amide bonds. The van der Waals surface area contributed by atoms with Crippen LogP contribution in [-0.4, -0.2) is 41.1 Å². The predicted molar refractivity (Wildman–Crippen MR) is 122 cm³/mol. The van der Waals surface area contributed by atoms with Gasteiger partial charge in [0.2, 0.25) is 0 Å². The van der Waals surface area contributed by atoms with Crippen molar-refractivity contribution in [3.8, 4) is 23.5 Å². The zero-order valence-corrected chi connectivity index (χ0v) is 18.5. The second kappa shape index (κ2) is 8.79. The third-order valence-corrected chi connectivity index (χ3v) is 5.11. The van der Waals surface area contributed by atoms with Gasteiger partial charge in [0.1, 0.15) is 18.2 Å². The Bertz CT molecular complexity index is 1570. The van der Waals surface area contributed by atoms with Gasteiger partial charge in [-0.15, -0.1) is 5.10 Å². The van der Waals surface area contributed by atoms with E-state index in [0.29, 0.717) is 22.8 Å². The van der Waals surface area contributed by atoms with Crippen LogP contribution in [0.15, 0.2) is 54.9 Å². The molecular weight excluding hydrogens is 456 g/mol. The highest BCUT2D eigenvalue weighted by atomic mass is 19.3. The van der Waals surface area contributed by atoms with Crippen LogP contribution in [0.2, 0.25) is 0 Å². The van der Waals surface area contributed by atoms with E-state index in [2.05, 4.69) is 35.3 Å². The topological polar surface area (TPSA) is 119 Å². The molecule has 0 unspecified atom stereocenters. The molecule has 35 heavy (non-hydrogen) atoms. The summed E-state index contributed by atoms with van der Waals surface area (Å²) in [5.74, 6) is 0.860. The van der Waals surface area contributed by atoms with Crippen molar-refractivity contribution in [1.29, 1.82) is 5.26 Å². The maximum absolute atomic E-state index is 13.0. The number of hydrogen-bond acceptors (Lipinski definition) is 8. The molecule has 12 heteroatoms. The molecule has 0 aliphatic heterocycles. The van der Waals surface area contributed by atoms with Crippen molar-refractivity contribution in [3.05, 3.63) is 71.9 Å². The smallest absolute Gasteiger partial charge is 0.387 e. The minimum absolute atomic E-state index is 0.0277. The highest BCUT2D eigenvalue weighted by Crippen LogP contribution is 2.28. The number of nitrogens with zero attached hydrogens (tertiary/aromatic N) is 8. The lowest BCUT2D eigenvalue weighted by molar-refractivity contribution is -0.0501. The van der Waals surface area contributed by atoms with Gasteiger partial charge in [-0.2, -0.15) is 24.2 Å². The molecule has 1 aromatic carbocycles. The summed E-state index contributed by atoms with van der Waals surface area (Å²) >= 11 is 0. The van der Waals surface area contributed by atoms with Gasteiger partial charge in [0.25, 0.3) is 0 Å². The Labute approximate surface area is 197 Å². The highest BCUT2D eigenvalue weighted by Gasteiger charge is 2.18. The molecule has 4 heterocycles. The first kappa shape index (κ1) is 21.9. The molecule has 0 atom stereocenters. The fourth-order valence-corrected chi connectivity index (χ4v) is 3.53. The van der Waals surface area contributed by atoms with Crippen LogP contribution in [0, 0.1) is 25.2 Å². The van der Waals surface area contributed by atoms with Gasteiger partial charge in [0.15, 0.2) is 23.1 Å². The van der Waals surface area contributed by atoms with Gasteiger partial charge in [-0.05, 0) is 62.4 Å². The number of hydrogen-bond donors (Lipinski definition) is 1. The maximum atomic E-state index is 13.0. The van der Waals surface area contributed by atoms with Crippen molar-refractivity contribution in [2.75, 3.05) is 5.32 Å². The molecule has 0 aliphatic carbocycles. The van der Waals surface area contributed by atoms with E-state index in [1.807, 2.05) is 43.3 Å². The molecule has 0 fully saturated rings. The molecule has 0 saturated carbocycles. The summed E-state index contributed by atoms with van der Waals surface area (Å²) in [5, 5.41) is 24.6. The van der Waals surface area contributed by atoms with Gasteiger partial charge >= 0.3 is 6.61 Å². The lowest BCUT2D eigenvalue weighted by Crippen LogP contribution is -2.11. The number of nitrogens with one attached hydrogen (secondary N) is 1. The first-order valence-electron chi connectivity index (χ1n) is 10.4. The Kier molecular flexibility index (Phi) is 5.50. The molecule has 174 valence electrons. The van der Waals surface area contributed by atoms with E-state index in [-0.39, 0.29) is 17.3 Å². The number of nitriles is 1. The van der Waals surface area contributed by atoms with Crippen molar-refractivity contribution >= 4 is 22.5 Å². The van der Waals surface area contributed by atoms with E-state index in [1.165, 1.54) is 16.8 Å². The standard InChI is InChI=1S/C23H17F2N9O/c1-13-3-7-20(31-30-13)28-15-4-5-18-17(10-15)27-12-33(18)21-8-6-19(35-23(24)25)22(29-21)34-14(2)9-16(11-26)32-34/h3-10,12,23H,1-2H3,(H,28,31). The van der Waals surface area contributed by atoms with E-state index in [1.54, 1.807) is 23.9 Å². The van der Waals surface area contributed by atoms with Crippen LogP contribution in [0.5, 0.6) is 5.75 Å². The predicted octanol–water partition coefficient (Wildman–Crippen LogP) is 4.23. The maximum Gasteiger partial charge on any atom is 0.387 e. The number of halogens is 2. The van der Waals surface area contributed by atoms with Gasteiger partial charge < -0.3 is 10.1 Å². The lowest BCUT2D eigenvalue weighted by atomic mass is 10.2. The summed E-state index contributed by atoms with van der Waals surface area (Å²) < 4.78 is 33.7. The monoisotopic (exact) mass is 473 g/mol. The van der Waals surface area contributed by atoms with Crippen LogP contribution in [0.3, 0.4) is 0 Å². The molecule has 5 rings (SSSR count). The van der Waals surface area contributed by atoms with Gasteiger partial charge in [-0.1, -0.05) is 0 Å². The lowest BCUT2D eigenvalue weighted by Gasteiger charge is -2.13. The zero-order chi connectivity index (χ0) is 24.5. The fourth-order valence-electron chi connectivity index (χ4n) is 3.53. The van der Waals surface area contributed by atoms with Gasteiger partial charge in [0.05, 0.1) is 16.7 Å². The normalized spacial score (nSPS) is 11.1. The first-order chi connectivity index (χ1) is 16.9. The summed E-state index contributed by atoms with van der Waals surface area (Å²) in [7, 11) is 0. The molecule has 4 aromatic heterocycles. The minimum Gasteiger partial charge on any atom is -0.431 e. The summed E-state index contributed by atoms with van der Waals surface area (Å²) in [5.41, 5.74) is 3.66. The number of aryl methyl sites for hydroxylation is 2. The number of aromatic nitrogens is 7. The second-order valence-corrected chi connectivity index (χ2v) is 7.57. The van der Waals surface area contributed by atoms with Gasteiger partial charge in [0, 0.05) is 11.4 Å². The number of fused-ring (bicyclic) bond motifs is 1. The number of benzene rings is 1. The summed E-state index contributed by atoms with van der Waals surface area (Å²) in [4.78, 5) is 8.97. The molecule has 1 N–H and O–H groups in total. The largest absolute Gasteiger partial charge is 0.431 e. The number of rotatable bonds is 6. The van der Waals surface area contributed by atoms with Gasteiger partial charge in [-0.3, -0.25) is 4.57 Å². The highest BCUT2D eigenvalue weighted by molar-refractivity contribution is 5.82. The number of alkyl halides is 2. The van der Waals surface area contributed by atoms with E-state index < -0.39 is 6.61 Å². The minimum atomic E-state index is -3.05. The molecule has 0 radical (unpaired) electrons. The summed E-state index contributed by atoms with van der Waals surface area (Å²) in [6, 6.07) is 15.6. The number of pyridine rings is 1. The molecule has 5 aromatic rings. The van der Waals surface area contributed by atoms with E-state index in [9.17, 15) is 8.78 Å².